The summed E-state index contributed by atoms with van der Waals surface area (Å²) in [4.78, 5) is 27.1. The molecule has 122 valence electrons. The van der Waals surface area contributed by atoms with Crippen molar-refractivity contribution in [2.75, 3.05) is 0 Å². The molecule has 0 aliphatic carbocycles. The maximum absolute atomic E-state index is 13.1. The van der Waals surface area contributed by atoms with Gasteiger partial charge in [0.1, 0.15) is 11.4 Å². The minimum Gasteiger partial charge on any atom is -0.411 e. The Labute approximate surface area is 156 Å². The van der Waals surface area contributed by atoms with Crippen molar-refractivity contribution in [1.29, 1.82) is 0 Å². The quantitative estimate of drug-likeness (QED) is 0.142. The molecule has 0 spiro atoms. The summed E-state index contributed by atoms with van der Waals surface area (Å²) >= 11 is 9.77. The van der Waals surface area contributed by atoms with Crippen molar-refractivity contribution < 1.29 is 14.8 Å². The summed E-state index contributed by atoms with van der Waals surface area (Å²) in [7, 11) is 0. The van der Waals surface area contributed by atoms with Crippen LogP contribution < -0.4 is 0 Å². The molecule has 2 saturated heterocycles. The van der Waals surface area contributed by atoms with Crippen LogP contribution in [0.15, 0.2) is 29.4 Å². The summed E-state index contributed by atoms with van der Waals surface area (Å²) in [5.41, 5.74) is 0.946. The van der Waals surface area contributed by atoms with E-state index in [1.54, 1.807) is 40.9 Å². The number of carbonyl (C=O) groups excluding carboxylic acids is 2. The molecule has 0 bridgehead atoms. The van der Waals surface area contributed by atoms with E-state index in [1.165, 1.54) is 6.21 Å². The van der Waals surface area contributed by atoms with Gasteiger partial charge in [-0.15, -0.1) is 11.8 Å². The molecule has 1 aromatic carbocycles. The smallest absolute Gasteiger partial charge is 0.258 e. The molecule has 3 rings (SSSR count). The van der Waals surface area contributed by atoms with Gasteiger partial charge in [0.15, 0.2) is 5.78 Å². The van der Waals surface area contributed by atoms with E-state index in [1.807, 2.05) is 36.4 Å². The van der Waals surface area contributed by atoms with Crippen LogP contribution in [-0.2, 0) is 4.79 Å². The van der Waals surface area contributed by atoms with Gasteiger partial charge in [-0.25, -0.2) is 0 Å². The third-order valence-corrected chi connectivity index (χ3v) is 7.71. The van der Waals surface area contributed by atoms with E-state index in [4.69, 9.17) is 16.8 Å². The highest BCUT2D eigenvalue weighted by Crippen LogP contribution is 2.60. The van der Waals surface area contributed by atoms with Crippen LogP contribution in [-0.4, -0.2) is 47.1 Å². The first-order valence-electron chi connectivity index (χ1n) is 6.91. The number of ketones is 1. The minimum atomic E-state index is -0.985. The molecule has 1 amide bonds. The summed E-state index contributed by atoms with van der Waals surface area (Å²) < 4.78 is -1.44. The molecular formula is C15H14ClIN2O3S. The fraction of sp³-hybridized carbons (Fsp3) is 0.400. The van der Waals surface area contributed by atoms with Gasteiger partial charge in [-0.3, -0.25) is 9.59 Å². The molecule has 5 nitrogen and oxygen atoms in total. The maximum Gasteiger partial charge on any atom is 0.258 e. The van der Waals surface area contributed by atoms with Crippen molar-refractivity contribution in [2.45, 2.75) is 32.9 Å². The van der Waals surface area contributed by atoms with Crippen LogP contribution in [0.25, 0.3) is 0 Å². The van der Waals surface area contributed by atoms with Gasteiger partial charge in [0.05, 0.1) is 6.21 Å². The molecule has 0 radical (unpaired) electrons. The van der Waals surface area contributed by atoms with Crippen LogP contribution in [0.5, 0.6) is 0 Å². The van der Waals surface area contributed by atoms with E-state index in [9.17, 15) is 9.59 Å². The number of fused-ring (bicyclic) bond motifs is 1. The van der Waals surface area contributed by atoms with Crippen molar-refractivity contribution >= 4 is 63.9 Å². The molecule has 1 aromatic rings. The number of alkyl halides is 2. The summed E-state index contributed by atoms with van der Waals surface area (Å²) in [6.07, 6.45) is 1.22. The average Bonchev–Trinajstić information content (AvgIpc) is 2.77. The van der Waals surface area contributed by atoms with Gasteiger partial charge in [0.2, 0.25) is 2.88 Å². The van der Waals surface area contributed by atoms with Crippen LogP contribution in [0, 0.1) is 0 Å². The van der Waals surface area contributed by atoms with Gasteiger partial charge in [-0.2, -0.15) is 0 Å². The monoisotopic (exact) mass is 464 g/mol. The molecule has 2 aliphatic heterocycles. The molecule has 2 fully saturated rings. The lowest BCUT2D eigenvalue weighted by atomic mass is 9.89. The van der Waals surface area contributed by atoms with Gasteiger partial charge < -0.3 is 10.1 Å². The van der Waals surface area contributed by atoms with Crippen molar-refractivity contribution in [1.82, 2.24) is 4.90 Å². The molecule has 1 unspecified atom stereocenters. The van der Waals surface area contributed by atoms with Gasteiger partial charge in [0.25, 0.3) is 5.91 Å². The molecule has 2 aliphatic rings. The zero-order valence-electron chi connectivity index (χ0n) is 12.4. The summed E-state index contributed by atoms with van der Waals surface area (Å²) in [6.45, 7) is 3.89. The lowest BCUT2D eigenvalue weighted by Crippen LogP contribution is -2.68. The number of hydrogen-bond acceptors (Lipinski definition) is 5. The average molecular weight is 465 g/mol. The Kier molecular flexibility index (Phi) is 4.17. The Morgan fingerprint density at radius 1 is 1.48 bits per heavy atom. The molecule has 1 N–H and O–H groups in total. The summed E-state index contributed by atoms with van der Waals surface area (Å²) in [5, 5.41) is 11.6. The number of hydrogen-bond donors (Lipinski definition) is 1. The highest BCUT2D eigenvalue weighted by Gasteiger charge is 2.69. The Morgan fingerprint density at radius 3 is 2.78 bits per heavy atom. The number of nitrogens with zero attached hydrogens (tertiary/aromatic N) is 2. The van der Waals surface area contributed by atoms with Crippen molar-refractivity contribution in [3.05, 3.63) is 35.4 Å². The number of oxime groups is 1. The zero-order valence-corrected chi connectivity index (χ0v) is 16.1. The molecular weight excluding hydrogens is 451 g/mol. The molecule has 23 heavy (non-hydrogen) atoms. The topological polar surface area (TPSA) is 70.0 Å². The second kappa shape index (κ2) is 5.63. The highest BCUT2D eigenvalue weighted by atomic mass is 127. The number of thioether (sulfide) groups is 1. The summed E-state index contributed by atoms with van der Waals surface area (Å²) in [6, 6.07) is 6.28. The highest BCUT2D eigenvalue weighted by molar-refractivity contribution is 14.1. The predicted octanol–water partition coefficient (Wildman–Crippen LogP) is 3.11. The predicted molar refractivity (Wildman–Crippen MR) is 98.8 cm³/mol. The van der Waals surface area contributed by atoms with E-state index in [-0.39, 0.29) is 17.1 Å². The molecule has 3 atom stereocenters. The van der Waals surface area contributed by atoms with Crippen LogP contribution in [0.2, 0.25) is 0 Å². The van der Waals surface area contributed by atoms with Crippen LogP contribution >= 0.6 is 46.0 Å². The Bertz CT molecular complexity index is 722. The lowest BCUT2D eigenvalue weighted by Gasteiger charge is -2.46. The number of Topliss-reactive ketones (excluding diaryl/α,β-unsaturated/α-hetero) is 1. The van der Waals surface area contributed by atoms with Crippen molar-refractivity contribution in [2.24, 2.45) is 5.16 Å². The second-order valence-electron chi connectivity index (χ2n) is 6.01. The normalized spacial score (nSPS) is 32.0. The summed E-state index contributed by atoms with van der Waals surface area (Å²) in [5.74, 6) is -0.396. The van der Waals surface area contributed by atoms with E-state index in [0.29, 0.717) is 11.1 Å². The maximum atomic E-state index is 13.1. The van der Waals surface area contributed by atoms with Crippen LogP contribution in [0.1, 0.15) is 29.8 Å². The minimum absolute atomic E-state index is 0.169. The van der Waals surface area contributed by atoms with E-state index >= 15 is 0 Å². The number of halogens is 2. The van der Waals surface area contributed by atoms with Gasteiger partial charge in [-0.05, 0) is 36.4 Å². The number of rotatable bonds is 3. The van der Waals surface area contributed by atoms with Crippen LogP contribution in [0.4, 0.5) is 0 Å². The van der Waals surface area contributed by atoms with Gasteiger partial charge >= 0.3 is 0 Å². The fourth-order valence-electron chi connectivity index (χ4n) is 3.05. The number of benzene rings is 1. The Balaban J connectivity index is 2.01. The fourth-order valence-corrected chi connectivity index (χ4v) is 5.85. The van der Waals surface area contributed by atoms with E-state index in [2.05, 4.69) is 5.16 Å². The van der Waals surface area contributed by atoms with Crippen LogP contribution in [0.3, 0.4) is 0 Å². The van der Waals surface area contributed by atoms with Gasteiger partial charge in [0, 0.05) is 15.9 Å². The second-order valence-corrected chi connectivity index (χ2v) is 10.7. The largest absolute Gasteiger partial charge is 0.411 e. The number of carbonyl (C=O) groups is 2. The number of amides is 1. The first-order chi connectivity index (χ1) is 10.7. The van der Waals surface area contributed by atoms with Crippen molar-refractivity contribution in [3.8, 4) is 0 Å². The van der Waals surface area contributed by atoms with E-state index in [0.717, 1.165) is 0 Å². The first-order valence-corrected chi connectivity index (χ1v) is 9.24. The molecule has 0 saturated carbocycles. The standard InChI is InChI=1S/C15H14ClIN2O3S/c1-14(2)11(19-12(21)15(16,17)13(19)23-14)10(20)9-6-4-3-5-8(9)7-18-22/h3-7,11,13,22H,1-2H3/b18-7+/t11-,13+,15?/m0/s1. The van der Waals surface area contributed by atoms with Gasteiger partial charge in [-0.1, -0.05) is 41.0 Å². The lowest BCUT2D eigenvalue weighted by molar-refractivity contribution is -0.143. The number of β-lactam (4-membered cyclic amide) rings is 1. The Hall–Kier alpha value is -0.800. The first kappa shape index (κ1) is 17.0. The third-order valence-electron chi connectivity index (χ3n) is 4.11. The van der Waals surface area contributed by atoms with E-state index < -0.39 is 13.7 Å². The van der Waals surface area contributed by atoms with Crippen molar-refractivity contribution in [3.63, 3.8) is 0 Å². The zero-order chi connectivity index (χ0) is 17.0. The molecule has 0 aromatic heterocycles. The third kappa shape index (κ3) is 2.47. The molecule has 2 heterocycles. The molecule has 8 heteroatoms. The SMILES string of the molecule is CC1(C)S[C@H]2N(C(=O)C2(Cl)I)[C@H]1C(=O)c1ccccc1/C=N/O. The Morgan fingerprint density at radius 2 is 2.13 bits per heavy atom.